The van der Waals surface area contributed by atoms with Gasteiger partial charge in [0.15, 0.2) is 0 Å². The Morgan fingerprint density at radius 2 is 2.00 bits per heavy atom. The summed E-state index contributed by atoms with van der Waals surface area (Å²) < 4.78 is 26.5. The molecule has 9 heteroatoms. The fourth-order valence-corrected chi connectivity index (χ4v) is 2.35. The molecule has 0 fully saturated rings. The van der Waals surface area contributed by atoms with Crippen molar-refractivity contribution >= 4 is 13.8 Å². The molecule has 0 spiro atoms. The molecule has 1 radical (unpaired) electrons. The Morgan fingerprint density at radius 1 is 1.41 bits per heavy atom. The molecule has 2 unspecified atom stereocenters. The average molecular weight is 337 g/mol. The number of ether oxygens (including phenoxy) is 1. The SMILES string of the molecule is [CH2]CNOP(=O)([O-])OC(CCOC(=O)C(=C)C)C[N+](C)(C)C. The van der Waals surface area contributed by atoms with Gasteiger partial charge in [-0.05, 0) is 13.8 Å². The second-order valence-corrected chi connectivity index (χ2v) is 7.13. The Hall–Kier alpha value is -0.760. The van der Waals surface area contributed by atoms with Crippen LogP contribution < -0.4 is 10.4 Å². The number of esters is 1. The lowest BCUT2D eigenvalue weighted by atomic mass is 10.2. The van der Waals surface area contributed by atoms with Gasteiger partial charge in [-0.2, -0.15) is 5.48 Å². The van der Waals surface area contributed by atoms with E-state index in [4.69, 9.17) is 9.26 Å². The number of carbonyl (C=O) groups excluding carboxylic acids is 1. The molecule has 0 aliphatic rings. The zero-order valence-corrected chi connectivity index (χ0v) is 14.6. The van der Waals surface area contributed by atoms with Crippen molar-refractivity contribution in [2.75, 3.05) is 40.8 Å². The van der Waals surface area contributed by atoms with E-state index in [2.05, 4.69) is 23.6 Å². The summed E-state index contributed by atoms with van der Waals surface area (Å²) >= 11 is 0. The third-order valence-corrected chi connectivity index (χ3v) is 3.24. The summed E-state index contributed by atoms with van der Waals surface area (Å²) in [4.78, 5) is 23.0. The molecule has 0 aliphatic carbocycles. The summed E-state index contributed by atoms with van der Waals surface area (Å²) in [6.45, 7) is 8.89. The number of nitrogens with zero attached hydrogens (tertiary/aromatic N) is 1. The molecule has 0 rings (SSSR count). The summed E-state index contributed by atoms with van der Waals surface area (Å²) in [5, 5.41) is 0. The number of hydrogen-bond acceptors (Lipinski definition) is 7. The summed E-state index contributed by atoms with van der Waals surface area (Å²) in [5.74, 6) is -0.524. The third-order valence-electron chi connectivity index (χ3n) is 2.33. The topological polar surface area (TPSA) is 96.9 Å². The van der Waals surface area contributed by atoms with Crippen molar-refractivity contribution in [2.24, 2.45) is 0 Å². The molecule has 1 N–H and O–H groups in total. The number of phosphoric acid groups is 1. The Labute approximate surface area is 132 Å². The molecule has 22 heavy (non-hydrogen) atoms. The third kappa shape index (κ3) is 10.9. The van der Waals surface area contributed by atoms with Crippen molar-refractivity contribution in [2.45, 2.75) is 19.4 Å². The van der Waals surface area contributed by atoms with Gasteiger partial charge in [0.2, 0.25) is 0 Å². The van der Waals surface area contributed by atoms with Crippen LogP contribution in [0.3, 0.4) is 0 Å². The Balaban J connectivity index is 4.59. The predicted molar refractivity (Wildman–Crippen MR) is 80.2 cm³/mol. The van der Waals surface area contributed by atoms with Gasteiger partial charge < -0.3 is 18.6 Å². The number of nitrogens with one attached hydrogen (secondary N) is 1. The van der Waals surface area contributed by atoms with Crippen LogP contribution in [0.4, 0.5) is 0 Å². The number of rotatable bonds is 11. The fourth-order valence-electron chi connectivity index (χ4n) is 1.52. The van der Waals surface area contributed by atoms with Crippen LogP contribution in [-0.4, -0.2) is 57.4 Å². The molecule has 0 heterocycles. The van der Waals surface area contributed by atoms with Crippen LogP contribution in [0.1, 0.15) is 13.3 Å². The highest BCUT2D eigenvalue weighted by molar-refractivity contribution is 7.45. The van der Waals surface area contributed by atoms with Crippen molar-refractivity contribution < 1.29 is 32.6 Å². The molecule has 0 aromatic rings. The van der Waals surface area contributed by atoms with E-state index in [0.717, 1.165) is 0 Å². The number of hydroxylamine groups is 1. The minimum atomic E-state index is -4.50. The van der Waals surface area contributed by atoms with Gasteiger partial charge in [0.25, 0.3) is 7.82 Å². The van der Waals surface area contributed by atoms with Gasteiger partial charge in [-0.1, -0.05) is 6.58 Å². The fraction of sp³-hybridized carbons (Fsp3) is 0.692. The molecule has 0 saturated carbocycles. The Kier molecular flexibility index (Phi) is 9.07. The van der Waals surface area contributed by atoms with Crippen LogP contribution in [0, 0.1) is 6.92 Å². The molecule has 0 aliphatic heterocycles. The van der Waals surface area contributed by atoms with Gasteiger partial charge in [0.05, 0.1) is 27.7 Å². The van der Waals surface area contributed by atoms with Gasteiger partial charge in [-0.3, -0.25) is 4.57 Å². The second-order valence-electron chi connectivity index (χ2n) is 5.84. The normalized spacial score (nSPS) is 15.9. The maximum Gasteiger partial charge on any atom is 0.333 e. The van der Waals surface area contributed by atoms with E-state index in [9.17, 15) is 14.3 Å². The Morgan fingerprint density at radius 3 is 2.45 bits per heavy atom. The lowest BCUT2D eigenvalue weighted by molar-refractivity contribution is -0.873. The molecular weight excluding hydrogens is 311 g/mol. The van der Waals surface area contributed by atoms with Crippen LogP contribution in [0.2, 0.25) is 0 Å². The van der Waals surface area contributed by atoms with E-state index in [1.807, 2.05) is 21.1 Å². The van der Waals surface area contributed by atoms with Crippen LogP contribution in [-0.2, 0) is 23.2 Å². The van der Waals surface area contributed by atoms with E-state index in [0.29, 0.717) is 11.0 Å². The van der Waals surface area contributed by atoms with Crippen LogP contribution in [0.15, 0.2) is 12.2 Å². The first-order chi connectivity index (χ1) is 9.97. The number of phosphoric ester groups is 1. The number of carbonyl (C=O) groups is 1. The number of likely N-dealkylation sites (N-methyl/N-ethyl adjacent to an activating group) is 1. The van der Waals surface area contributed by atoms with Crippen molar-refractivity contribution in [3.8, 4) is 0 Å². The molecule has 0 aromatic carbocycles. The average Bonchev–Trinajstić information content (AvgIpc) is 2.33. The molecule has 0 amide bonds. The largest absolute Gasteiger partial charge is 0.755 e. The highest BCUT2D eigenvalue weighted by atomic mass is 31.2. The molecule has 2 atom stereocenters. The first-order valence-corrected chi connectivity index (χ1v) is 8.26. The van der Waals surface area contributed by atoms with Gasteiger partial charge >= 0.3 is 5.97 Å². The standard InChI is InChI=1S/C13H26N2O6P/c1-7-14-21-22(17,18)20-12(10-15(4,5)6)8-9-19-13(16)11(2)3/h12,14H,1-2,7-10H2,3-6H3. The minimum absolute atomic E-state index is 0.0269. The van der Waals surface area contributed by atoms with Gasteiger partial charge in [0, 0.05) is 18.5 Å². The summed E-state index contributed by atoms with van der Waals surface area (Å²) in [7, 11) is 1.17. The van der Waals surface area contributed by atoms with E-state index in [1.54, 1.807) is 0 Å². The van der Waals surface area contributed by atoms with E-state index in [1.165, 1.54) is 6.92 Å². The van der Waals surface area contributed by atoms with Crippen molar-refractivity contribution in [3.63, 3.8) is 0 Å². The second kappa shape index (κ2) is 9.39. The smallest absolute Gasteiger partial charge is 0.333 e. The summed E-state index contributed by atoms with van der Waals surface area (Å²) in [5.41, 5.74) is 2.41. The molecule has 0 saturated heterocycles. The molecule has 0 bridgehead atoms. The van der Waals surface area contributed by atoms with Crippen LogP contribution in [0.25, 0.3) is 0 Å². The van der Waals surface area contributed by atoms with Crippen molar-refractivity contribution in [1.82, 2.24) is 5.48 Å². The van der Waals surface area contributed by atoms with E-state index >= 15 is 0 Å². The molecular formula is C13H26N2O6P. The van der Waals surface area contributed by atoms with Crippen LogP contribution in [0.5, 0.6) is 0 Å². The Bertz CT molecular complexity index is 421. The predicted octanol–water partition coefficient (Wildman–Crippen LogP) is 0.411. The van der Waals surface area contributed by atoms with Gasteiger partial charge in [-0.15, -0.1) is 0 Å². The quantitative estimate of drug-likeness (QED) is 0.192. The highest BCUT2D eigenvalue weighted by Gasteiger charge is 2.24. The van der Waals surface area contributed by atoms with Gasteiger partial charge in [0.1, 0.15) is 12.6 Å². The minimum Gasteiger partial charge on any atom is -0.755 e. The molecule has 129 valence electrons. The lowest BCUT2D eigenvalue weighted by Gasteiger charge is -2.32. The van der Waals surface area contributed by atoms with Crippen LogP contribution >= 0.6 is 7.82 Å². The van der Waals surface area contributed by atoms with Gasteiger partial charge in [-0.25, -0.2) is 9.42 Å². The van der Waals surface area contributed by atoms with Crippen molar-refractivity contribution in [3.05, 3.63) is 19.1 Å². The highest BCUT2D eigenvalue weighted by Crippen LogP contribution is 2.39. The summed E-state index contributed by atoms with van der Waals surface area (Å²) in [6.07, 6.45) is -0.470. The van der Waals surface area contributed by atoms with E-state index < -0.39 is 19.9 Å². The zero-order chi connectivity index (χ0) is 17.4. The number of hydrogen-bond donors (Lipinski definition) is 1. The van der Waals surface area contributed by atoms with Crippen molar-refractivity contribution in [1.29, 1.82) is 0 Å². The lowest BCUT2D eigenvalue weighted by Crippen LogP contribution is -2.43. The first-order valence-electron chi connectivity index (χ1n) is 6.80. The maximum absolute atomic E-state index is 11.7. The molecule has 0 aromatic heterocycles. The summed E-state index contributed by atoms with van der Waals surface area (Å²) in [6, 6.07) is 0. The first kappa shape index (κ1) is 21.2. The van der Waals surface area contributed by atoms with E-state index in [-0.39, 0.29) is 25.1 Å². The number of quaternary nitrogens is 1. The maximum atomic E-state index is 11.7. The monoisotopic (exact) mass is 337 g/mol. The zero-order valence-electron chi connectivity index (χ0n) is 13.7. The molecule has 8 nitrogen and oxygen atoms in total.